The molecule has 2 aliphatic rings. The maximum absolute atomic E-state index is 13.9. The van der Waals surface area contributed by atoms with Gasteiger partial charge in [-0.1, -0.05) is 31.0 Å². The number of anilines is 1. The fourth-order valence-corrected chi connectivity index (χ4v) is 5.61. The highest BCUT2D eigenvalue weighted by molar-refractivity contribution is 6.24. The van der Waals surface area contributed by atoms with Crippen molar-refractivity contribution in [3.05, 3.63) is 47.5 Å². The number of ether oxygens (including phenoxy) is 4. The van der Waals surface area contributed by atoms with Crippen LogP contribution in [0, 0.1) is 18.8 Å². The van der Waals surface area contributed by atoms with Crippen LogP contribution in [0.1, 0.15) is 36.9 Å². The second-order valence-corrected chi connectivity index (χ2v) is 9.14. The molecule has 9 nitrogen and oxygen atoms in total. The fraction of sp³-hybridized carbons (Fsp3) is 0.444. The van der Waals surface area contributed by atoms with E-state index in [0.29, 0.717) is 41.3 Å². The number of esters is 1. The normalized spacial score (nSPS) is 25.1. The predicted octanol–water partition coefficient (Wildman–Crippen LogP) is 3.18. The van der Waals surface area contributed by atoms with Gasteiger partial charge in [-0.2, -0.15) is 0 Å². The third kappa shape index (κ3) is 3.78. The number of benzene rings is 2. The Hall–Kier alpha value is -3.59. The number of hydrogen-bond acceptors (Lipinski definition) is 8. The van der Waals surface area contributed by atoms with E-state index in [1.165, 1.54) is 33.3 Å². The molecule has 0 saturated carbocycles. The van der Waals surface area contributed by atoms with Crippen molar-refractivity contribution in [1.29, 1.82) is 0 Å². The molecular weight excluding hydrogens is 464 g/mol. The molecule has 192 valence electrons. The second kappa shape index (κ2) is 9.81. The highest BCUT2D eigenvalue weighted by Gasteiger charge is 2.68. The Bertz CT molecular complexity index is 1150. The summed E-state index contributed by atoms with van der Waals surface area (Å²) < 4.78 is 21.7. The van der Waals surface area contributed by atoms with E-state index in [1.54, 1.807) is 24.3 Å². The number of imide groups is 1. The number of carbonyl (C=O) groups excluding carboxylic acids is 3. The number of nitrogens with one attached hydrogen (secondary N) is 1. The Balaban J connectivity index is 1.90. The van der Waals surface area contributed by atoms with Crippen LogP contribution in [0.4, 0.5) is 5.69 Å². The summed E-state index contributed by atoms with van der Waals surface area (Å²) in [5.41, 5.74) is 0.743. The van der Waals surface area contributed by atoms with Crippen LogP contribution in [0.5, 0.6) is 17.2 Å². The number of rotatable bonds is 8. The zero-order chi connectivity index (χ0) is 26.2. The van der Waals surface area contributed by atoms with Gasteiger partial charge in [-0.25, -0.2) is 4.90 Å². The maximum atomic E-state index is 13.9. The van der Waals surface area contributed by atoms with Gasteiger partial charge in [0, 0.05) is 6.04 Å². The van der Waals surface area contributed by atoms with Crippen LogP contribution in [-0.4, -0.2) is 51.8 Å². The van der Waals surface area contributed by atoms with E-state index in [0.717, 1.165) is 5.56 Å². The summed E-state index contributed by atoms with van der Waals surface area (Å²) in [6.07, 6.45) is 0.918. The number of amides is 2. The summed E-state index contributed by atoms with van der Waals surface area (Å²) in [5, 5.41) is 3.36. The first-order valence-electron chi connectivity index (χ1n) is 11.9. The highest BCUT2D eigenvalue weighted by Crippen LogP contribution is 2.53. The van der Waals surface area contributed by atoms with Crippen molar-refractivity contribution in [3.8, 4) is 17.2 Å². The smallest absolute Gasteiger partial charge is 0.326 e. The number of carbonyl (C=O) groups is 3. The molecule has 0 unspecified atom stereocenters. The number of fused-ring (bicyclic) bond motifs is 1. The predicted molar refractivity (Wildman–Crippen MR) is 132 cm³/mol. The van der Waals surface area contributed by atoms with Crippen LogP contribution in [0.15, 0.2) is 36.4 Å². The van der Waals surface area contributed by atoms with Crippen molar-refractivity contribution in [2.24, 2.45) is 11.8 Å². The van der Waals surface area contributed by atoms with Crippen molar-refractivity contribution in [2.75, 3.05) is 33.3 Å². The van der Waals surface area contributed by atoms with E-state index < -0.39 is 35.3 Å². The van der Waals surface area contributed by atoms with E-state index in [-0.39, 0.29) is 5.91 Å². The average molecular weight is 497 g/mol. The van der Waals surface area contributed by atoms with Crippen molar-refractivity contribution in [1.82, 2.24) is 5.32 Å². The number of nitrogens with zero attached hydrogens (tertiary/aromatic N) is 1. The average Bonchev–Trinajstić information content (AvgIpc) is 3.37. The molecule has 2 saturated heterocycles. The minimum absolute atomic E-state index is 0.322. The molecule has 0 aromatic heterocycles. The van der Waals surface area contributed by atoms with Crippen molar-refractivity contribution < 1.29 is 33.3 Å². The minimum atomic E-state index is -1.37. The quantitative estimate of drug-likeness (QED) is 0.439. The summed E-state index contributed by atoms with van der Waals surface area (Å²) >= 11 is 0. The Morgan fingerprint density at radius 1 is 0.972 bits per heavy atom. The Morgan fingerprint density at radius 2 is 1.58 bits per heavy atom. The lowest BCUT2D eigenvalue weighted by Crippen LogP contribution is -2.56. The van der Waals surface area contributed by atoms with E-state index in [4.69, 9.17) is 18.9 Å². The lowest BCUT2D eigenvalue weighted by atomic mass is 9.77. The van der Waals surface area contributed by atoms with Gasteiger partial charge < -0.3 is 18.9 Å². The molecule has 2 amide bonds. The van der Waals surface area contributed by atoms with E-state index in [2.05, 4.69) is 5.32 Å². The van der Waals surface area contributed by atoms with Crippen molar-refractivity contribution in [2.45, 2.75) is 38.3 Å². The first kappa shape index (κ1) is 25.5. The Kier molecular flexibility index (Phi) is 6.95. The second-order valence-electron chi connectivity index (χ2n) is 9.14. The van der Waals surface area contributed by atoms with Gasteiger partial charge in [-0.3, -0.25) is 19.7 Å². The highest BCUT2D eigenvalue weighted by atomic mass is 16.5. The van der Waals surface area contributed by atoms with Crippen LogP contribution in [0.2, 0.25) is 0 Å². The Morgan fingerprint density at radius 3 is 2.08 bits per heavy atom. The largest absolute Gasteiger partial charge is 0.493 e. The number of hydrogen-bond donors (Lipinski definition) is 1. The number of aryl methyl sites for hydroxylation is 1. The van der Waals surface area contributed by atoms with E-state index in [9.17, 15) is 14.4 Å². The van der Waals surface area contributed by atoms with Crippen molar-refractivity contribution in [3.63, 3.8) is 0 Å². The summed E-state index contributed by atoms with van der Waals surface area (Å²) in [4.78, 5) is 42.3. The van der Waals surface area contributed by atoms with E-state index in [1.807, 2.05) is 26.0 Å². The molecule has 4 rings (SSSR count). The molecule has 2 aliphatic heterocycles. The minimum Gasteiger partial charge on any atom is -0.493 e. The topological polar surface area (TPSA) is 103 Å². The molecular formula is C27H32N2O7. The molecule has 0 aliphatic carbocycles. The molecule has 1 N–H and O–H groups in total. The van der Waals surface area contributed by atoms with Gasteiger partial charge >= 0.3 is 5.97 Å². The fourth-order valence-electron chi connectivity index (χ4n) is 5.61. The maximum Gasteiger partial charge on any atom is 0.326 e. The lowest BCUT2D eigenvalue weighted by Gasteiger charge is -2.32. The third-order valence-electron chi connectivity index (χ3n) is 7.19. The van der Waals surface area contributed by atoms with Crippen molar-refractivity contribution >= 4 is 23.5 Å². The van der Waals surface area contributed by atoms with Gasteiger partial charge in [0.15, 0.2) is 11.5 Å². The van der Waals surface area contributed by atoms with Gasteiger partial charge in [0.05, 0.1) is 46.0 Å². The van der Waals surface area contributed by atoms with Crippen LogP contribution in [-0.2, 0) is 19.1 Å². The SMILES string of the molecule is CCC[C@]1(C(=O)OC)N[C@H](c2cc(OC)c(OC)c(OC)c2)[C@H]2C(=O)N(c3ccc(C)cc3)C(=O)[C@H]21. The molecule has 0 bridgehead atoms. The molecule has 0 radical (unpaired) electrons. The zero-order valence-corrected chi connectivity index (χ0v) is 21.4. The summed E-state index contributed by atoms with van der Waals surface area (Å²) in [6, 6.07) is 9.98. The molecule has 9 heteroatoms. The molecule has 2 fully saturated rings. The molecule has 2 heterocycles. The first-order chi connectivity index (χ1) is 17.3. The van der Waals surface area contributed by atoms with Gasteiger partial charge in [0.2, 0.25) is 17.6 Å². The summed E-state index contributed by atoms with van der Waals surface area (Å²) in [6.45, 7) is 3.85. The van der Waals surface area contributed by atoms with Crippen LogP contribution >= 0.6 is 0 Å². The van der Waals surface area contributed by atoms with Crippen LogP contribution < -0.4 is 24.4 Å². The van der Waals surface area contributed by atoms with E-state index >= 15 is 0 Å². The van der Waals surface area contributed by atoms with Gasteiger partial charge in [-0.15, -0.1) is 0 Å². The molecule has 2 aromatic carbocycles. The van der Waals surface area contributed by atoms with Gasteiger partial charge in [-0.05, 0) is 43.2 Å². The molecule has 2 aromatic rings. The summed E-state index contributed by atoms with van der Waals surface area (Å²) in [5.74, 6) is -1.93. The summed E-state index contributed by atoms with van der Waals surface area (Å²) in [7, 11) is 5.81. The first-order valence-corrected chi connectivity index (χ1v) is 11.9. The van der Waals surface area contributed by atoms with Gasteiger partial charge in [0.1, 0.15) is 5.54 Å². The Labute approximate surface area is 210 Å². The zero-order valence-electron chi connectivity index (χ0n) is 21.4. The third-order valence-corrected chi connectivity index (χ3v) is 7.19. The molecule has 0 spiro atoms. The number of methoxy groups -OCH3 is 4. The standard InChI is InChI=1S/C27H32N2O7/c1-7-12-27(26(32)36-6)21-20(24(30)29(25(21)31)17-10-8-15(2)9-11-17)22(28-27)16-13-18(33-3)23(35-5)19(14-16)34-4/h8-11,13-14,20-22,28H,7,12H2,1-6H3/t20-,21-,22+,27-/m0/s1. The van der Waals surface area contributed by atoms with Gasteiger partial charge in [0.25, 0.3) is 0 Å². The molecule has 4 atom stereocenters. The monoisotopic (exact) mass is 496 g/mol. The van der Waals surface area contributed by atoms with Crippen LogP contribution in [0.25, 0.3) is 0 Å². The molecule has 36 heavy (non-hydrogen) atoms. The van der Waals surface area contributed by atoms with Crippen LogP contribution in [0.3, 0.4) is 0 Å². The lowest BCUT2D eigenvalue weighted by molar-refractivity contribution is -0.152.